The Bertz CT molecular complexity index is 323. The average Bonchev–Trinajstić information content (AvgIpc) is 2.29. The van der Waals surface area contributed by atoms with E-state index < -0.39 is 0 Å². The van der Waals surface area contributed by atoms with Crippen LogP contribution in [0.15, 0.2) is 0 Å². The second-order valence-electron chi connectivity index (χ2n) is 7.16. The molecule has 0 aromatic heterocycles. The fourth-order valence-corrected chi connectivity index (χ4v) is 3.48. The smallest absolute Gasteiger partial charge is 0.309 e. The van der Waals surface area contributed by atoms with Gasteiger partial charge in [-0.2, -0.15) is 0 Å². The predicted molar refractivity (Wildman–Crippen MR) is 76.6 cm³/mol. The van der Waals surface area contributed by atoms with Gasteiger partial charge >= 0.3 is 5.97 Å². The van der Waals surface area contributed by atoms with E-state index in [1.807, 2.05) is 0 Å². The fraction of sp³-hybridized carbons (Fsp3) is 0.938. The van der Waals surface area contributed by atoms with Crippen LogP contribution in [0.5, 0.6) is 0 Å². The highest BCUT2D eigenvalue weighted by Gasteiger charge is 2.45. The van der Waals surface area contributed by atoms with Gasteiger partial charge in [0.05, 0.1) is 12.5 Å². The summed E-state index contributed by atoms with van der Waals surface area (Å²) in [6.45, 7) is 7.10. The maximum absolute atomic E-state index is 12.3. The molecular weight excluding hydrogens is 238 g/mol. The molecule has 19 heavy (non-hydrogen) atoms. The van der Waals surface area contributed by atoms with Crippen molar-refractivity contribution in [2.75, 3.05) is 6.61 Å². The molecule has 2 aliphatic carbocycles. The van der Waals surface area contributed by atoms with E-state index in [1.165, 1.54) is 19.3 Å². The summed E-state index contributed by atoms with van der Waals surface area (Å²) < 4.78 is 5.53. The Labute approximate surface area is 117 Å². The summed E-state index contributed by atoms with van der Waals surface area (Å²) in [6.07, 6.45) is 6.85. The lowest BCUT2D eigenvalue weighted by molar-refractivity contribution is -0.157. The van der Waals surface area contributed by atoms with Crippen molar-refractivity contribution in [3.63, 3.8) is 0 Å². The van der Waals surface area contributed by atoms with E-state index in [2.05, 4.69) is 20.8 Å². The van der Waals surface area contributed by atoms with Crippen LogP contribution in [0.4, 0.5) is 0 Å². The number of rotatable bonds is 4. The van der Waals surface area contributed by atoms with Crippen molar-refractivity contribution < 1.29 is 9.53 Å². The molecule has 3 heteroatoms. The van der Waals surface area contributed by atoms with Crippen molar-refractivity contribution >= 4 is 5.97 Å². The van der Waals surface area contributed by atoms with Gasteiger partial charge in [-0.1, -0.05) is 40.0 Å². The van der Waals surface area contributed by atoms with Crippen molar-refractivity contribution in [1.82, 2.24) is 0 Å². The Morgan fingerprint density at radius 3 is 2.53 bits per heavy atom. The molecule has 0 saturated heterocycles. The zero-order chi connectivity index (χ0) is 14.0. The lowest BCUT2D eigenvalue weighted by Crippen LogP contribution is -2.49. The maximum Gasteiger partial charge on any atom is 0.309 e. The molecule has 110 valence electrons. The van der Waals surface area contributed by atoms with Crippen LogP contribution in [0, 0.1) is 23.2 Å². The fourth-order valence-electron chi connectivity index (χ4n) is 3.48. The molecule has 3 atom stereocenters. The third kappa shape index (κ3) is 3.13. The van der Waals surface area contributed by atoms with Crippen LogP contribution in [0.25, 0.3) is 0 Å². The largest absolute Gasteiger partial charge is 0.465 e. The SMILES string of the molecule is CC1C(N)CCC(C(=O)OCCC2CCC2)C1(C)C. The summed E-state index contributed by atoms with van der Waals surface area (Å²) in [6, 6.07) is 0.217. The Kier molecular flexibility index (Phi) is 4.54. The molecule has 2 saturated carbocycles. The van der Waals surface area contributed by atoms with Gasteiger partial charge in [0.15, 0.2) is 0 Å². The molecule has 2 fully saturated rings. The zero-order valence-electron chi connectivity index (χ0n) is 12.7. The van der Waals surface area contributed by atoms with E-state index in [1.54, 1.807) is 0 Å². The van der Waals surface area contributed by atoms with Gasteiger partial charge in [-0.3, -0.25) is 4.79 Å². The van der Waals surface area contributed by atoms with E-state index >= 15 is 0 Å². The Hall–Kier alpha value is -0.570. The number of carbonyl (C=O) groups excluding carboxylic acids is 1. The standard InChI is InChI=1S/C16H29NO2/c1-11-14(17)8-7-13(16(11,2)3)15(18)19-10-9-12-5-4-6-12/h11-14H,4-10,17H2,1-3H3. The summed E-state index contributed by atoms with van der Waals surface area (Å²) in [5.74, 6) is 1.19. The first-order chi connectivity index (χ1) is 8.93. The highest BCUT2D eigenvalue weighted by atomic mass is 16.5. The summed E-state index contributed by atoms with van der Waals surface area (Å²) in [7, 11) is 0. The van der Waals surface area contributed by atoms with E-state index in [0.29, 0.717) is 12.5 Å². The van der Waals surface area contributed by atoms with Gasteiger partial charge in [-0.15, -0.1) is 0 Å². The number of hydrogen-bond acceptors (Lipinski definition) is 3. The van der Waals surface area contributed by atoms with Crippen LogP contribution in [-0.4, -0.2) is 18.6 Å². The molecular formula is C16H29NO2. The van der Waals surface area contributed by atoms with Gasteiger partial charge < -0.3 is 10.5 Å². The quantitative estimate of drug-likeness (QED) is 0.796. The Balaban J connectivity index is 1.83. The highest BCUT2D eigenvalue weighted by molar-refractivity contribution is 5.73. The number of hydrogen-bond donors (Lipinski definition) is 1. The molecule has 2 aliphatic rings. The number of nitrogens with two attached hydrogens (primary N) is 1. The number of carbonyl (C=O) groups is 1. The molecule has 3 nitrogen and oxygen atoms in total. The van der Waals surface area contributed by atoms with Crippen molar-refractivity contribution in [1.29, 1.82) is 0 Å². The molecule has 0 aromatic carbocycles. The molecule has 2 rings (SSSR count). The van der Waals surface area contributed by atoms with E-state index in [4.69, 9.17) is 10.5 Å². The second kappa shape index (κ2) is 5.82. The van der Waals surface area contributed by atoms with Crippen molar-refractivity contribution in [2.24, 2.45) is 28.9 Å². The van der Waals surface area contributed by atoms with Crippen LogP contribution in [0.2, 0.25) is 0 Å². The minimum atomic E-state index is -0.0504. The lowest BCUT2D eigenvalue weighted by Gasteiger charge is -2.45. The van der Waals surface area contributed by atoms with Gasteiger partial charge in [0.2, 0.25) is 0 Å². The minimum Gasteiger partial charge on any atom is -0.465 e. The Morgan fingerprint density at radius 1 is 1.26 bits per heavy atom. The van der Waals surface area contributed by atoms with E-state index in [9.17, 15) is 4.79 Å². The summed E-state index contributed by atoms with van der Waals surface area (Å²) in [5, 5.41) is 0. The molecule has 0 amide bonds. The van der Waals surface area contributed by atoms with Gasteiger partial charge in [-0.25, -0.2) is 0 Å². The van der Waals surface area contributed by atoms with Crippen molar-refractivity contribution in [2.45, 2.75) is 65.3 Å². The average molecular weight is 267 g/mol. The second-order valence-corrected chi connectivity index (χ2v) is 7.16. The van der Waals surface area contributed by atoms with Crippen LogP contribution in [0.3, 0.4) is 0 Å². The Morgan fingerprint density at radius 2 is 1.95 bits per heavy atom. The van der Waals surface area contributed by atoms with Gasteiger partial charge in [0.1, 0.15) is 0 Å². The topological polar surface area (TPSA) is 52.3 Å². The highest BCUT2D eigenvalue weighted by Crippen LogP contribution is 2.44. The third-order valence-electron chi connectivity index (χ3n) is 5.78. The van der Waals surface area contributed by atoms with E-state index in [0.717, 1.165) is 25.2 Å². The summed E-state index contributed by atoms with van der Waals surface area (Å²) in [4.78, 5) is 12.3. The first-order valence-electron chi connectivity index (χ1n) is 7.85. The third-order valence-corrected chi connectivity index (χ3v) is 5.78. The van der Waals surface area contributed by atoms with Crippen LogP contribution in [0.1, 0.15) is 59.3 Å². The summed E-state index contributed by atoms with van der Waals surface area (Å²) in [5.41, 5.74) is 6.08. The molecule has 0 aromatic rings. The molecule has 0 spiro atoms. The van der Waals surface area contributed by atoms with Gasteiger partial charge in [0.25, 0.3) is 0 Å². The molecule has 0 radical (unpaired) electrons. The molecule has 2 N–H and O–H groups in total. The molecule has 0 aliphatic heterocycles. The molecule has 0 bridgehead atoms. The van der Waals surface area contributed by atoms with E-state index in [-0.39, 0.29) is 23.3 Å². The van der Waals surface area contributed by atoms with Crippen LogP contribution < -0.4 is 5.73 Å². The predicted octanol–water partition coefficient (Wildman–Crippen LogP) is 3.12. The first-order valence-corrected chi connectivity index (χ1v) is 7.85. The van der Waals surface area contributed by atoms with Gasteiger partial charge in [-0.05, 0) is 36.5 Å². The maximum atomic E-state index is 12.3. The van der Waals surface area contributed by atoms with Crippen LogP contribution >= 0.6 is 0 Å². The molecule has 3 unspecified atom stereocenters. The summed E-state index contributed by atoms with van der Waals surface area (Å²) >= 11 is 0. The van der Waals surface area contributed by atoms with Crippen molar-refractivity contribution in [3.8, 4) is 0 Å². The normalized spacial score (nSPS) is 34.6. The van der Waals surface area contributed by atoms with Gasteiger partial charge in [0, 0.05) is 6.04 Å². The number of esters is 1. The van der Waals surface area contributed by atoms with Crippen molar-refractivity contribution in [3.05, 3.63) is 0 Å². The lowest BCUT2D eigenvalue weighted by atomic mass is 9.61. The minimum absolute atomic E-state index is 0.00285. The monoisotopic (exact) mass is 267 g/mol. The number of ether oxygens (including phenoxy) is 1. The van der Waals surface area contributed by atoms with Crippen LogP contribution in [-0.2, 0) is 9.53 Å². The molecule has 0 heterocycles. The zero-order valence-corrected chi connectivity index (χ0v) is 12.7. The first kappa shape index (κ1) is 14.8.